The van der Waals surface area contributed by atoms with Crippen LogP contribution in [0.25, 0.3) is 0 Å². The van der Waals surface area contributed by atoms with Crippen LogP contribution < -0.4 is 15.4 Å². The summed E-state index contributed by atoms with van der Waals surface area (Å²) in [6.45, 7) is 10.5. The smallest absolute Gasteiger partial charge is 0.215 e. The number of aromatic nitrogens is 1. The molecule has 6 rings (SSSR count). The van der Waals surface area contributed by atoms with Crippen LogP contribution in [0.2, 0.25) is 0 Å². The summed E-state index contributed by atoms with van der Waals surface area (Å²) < 4.78 is 27.6. The van der Waals surface area contributed by atoms with Crippen molar-refractivity contribution in [3.05, 3.63) is 46.1 Å². The molecule has 1 aliphatic carbocycles. The molecule has 2 saturated heterocycles. The number of ether oxygens (including phenoxy) is 2. The van der Waals surface area contributed by atoms with Crippen molar-refractivity contribution < 1.29 is 13.9 Å². The second-order valence-corrected chi connectivity index (χ2v) is 11.9. The molecular weight excluding hydrogens is 493 g/mol. The van der Waals surface area contributed by atoms with E-state index in [-0.39, 0.29) is 5.54 Å². The van der Waals surface area contributed by atoms with Gasteiger partial charge in [-0.15, -0.1) is 0 Å². The lowest BCUT2D eigenvalue weighted by molar-refractivity contribution is -0.0871. The second kappa shape index (κ2) is 9.94. The number of nitrogen functional groups attached to an aromatic ring is 1. The molecule has 7 nitrogen and oxygen atoms in total. The Labute approximate surface area is 231 Å². The summed E-state index contributed by atoms with van der Waals surface area (Å²) in [6.07, 6.45) is 4.14. The SMILES string of the molecule is CCN(CC)c1cc(OCC23CCCN2C[C@H](F)C3)nc2c1CO[C@@]1(CC[C@H](C)c3ccc(N)c(C#N)c31)C2. The summed E-state index contributed by atoms with van der Waals surface area (Å²) >= 11 is 0. The number of benzene rings is 1. The summed E-state index contributed by atoms with van der Waals surface area (Å²) in [5.41, 5.74) is 11.7. The monoisotopic (exact) mass is 533 g/mol. The zero-order valence-corrected chi connectivity index (χ0v) is 23.4. The maximum absolute atomic E-state index is 14.4. The first-order valence-electron chi connectivity index (χ1n) is 14.6. The maximum Gasteiger partial charge on any atom is 0.215 e. The summed E-state index contributed by atoms with van der Waals surface area (Å²) in [5.74, 6) is 0.922. The first-order chi connectivity index (χ1) is 18.8. The lowest BCUT2D eigenvalue weighted by atomic mass is 9.69. The Morgan fingerprint density at radius 3 is 2.90 bits per heavy atom. The molecular formula is C31H40FN5O2. The molecule has 4 atom stereocenters. The lowest BCUT2D eigenvalue weighted by Gasteiger charge is -2.45. The largest absolute Gasteiger partial charge is 0.476 e. The van der Waals surface area contributed by atoms with Gasteiger partial charge < -0.3 is 20.1 Å². The maximum atomic E-state index is 14.4. The van der Waals surface area contributed by atoms with Gasteiger partial charge in [0.15, 0.2) is 0 Å². The molecule has 39 heavy (non-hydrogen) atoms. The Morgan fingerprint density at radius 2 is 2.13 bits per heavy atom. The summed E-state index contributed by atoms with van der Waals surface area (Å²) in [6, 6.07) is 8.34. The van der Waals surface area contributed by atoms with Crippen molar-refractivity contribution in [1.29, 1.82) is 5.26 Å². The predicted octanol–water partition coefficient (Wildman–Crippen LogP) is 5.20. The van der Waals surface area contributed by atoms with Crippen LogP contribution in [-0.2, 0) is 23.4 Å². The van der Waals surface area contributed by atoms with Crippen molar-refractivity contribution in [2.24, 2.45) is 0 Å². The molecule has 2 aromatic rings. The minimum absolute atomic E-state index is 0.228. The van der Waals surface area contributed by atoms with Gasteiger partial charge in [-0.3, -0.25) is 4.90 Å². The number of alkyl halides is 1. The molecule has 1 unspecified atom stereocenters. The van der Waals surface area contributed by atoms with Crippen molar-refractivity contribution in [2.45, 2.75) is 89.1 Å². The first-order valence-corrected chi connectivity index (χ1v) is 14.6. The summed E-state index contributed by atoms with van der Waals surface area (Å²) in [7, 11) is 0. The van der Waals surface area contributed by atoms with Crippen LogP contribution in [0.1, 0.15) is 86.7 Å². The standard InChI is InChI=1S/C31H40FN5O2/c1-4-36(5-2)27-13-28(38-19-30-10-6-12-37(30)17-21(32)14-30)35-26-15-31(39-18-24(26)27)11-9-20(3)22-7-8-25(34)23(16-33)29(22)31/h7-8,13,20-21H,4-6,9-12,14-15,17-19,34H2,1-3H3/t20-,21+,30?,31-/m0/s1. The minimum Gasteiger partial charge on any atom is -0.476 e. The van der Waals surface area contributed by atoms with Crippen molar-refractivity contribution >= 4 is 11.4 Å². The minimum atomic E-state index is -0.788. The molecule has 0 radical (unpaired) electrons. The molecule has 208 valence electrons. The van der Waals surface area contributed by atoms with E-state index in [2.05, 4.69) is 42.7 Å². The number of fused-ring (bicyclic) bond motifs is 4. The normalized spacial score (nSPS) is 29.5. The highest BCUT2D eigenvalue weighted by molar-refractivity contribution is 5.64. The van der Waals surface area contributed by atoms with Crippen molar-refractivity contribution in [1.82, 2.24) is 9.88 Å². The van der Waals surface area contributed by atoms with Gasteiger partial charge in [0.05, 0.1) is 23.4 Å². The third-order valence-corrected chi connectivity index (χ3v) is 9.81. The second-order valence-electron chi connectivity index (χ2n) is 11.9. The average molecular weight is 534 g/mol. The van der Waals surface area contributed by atoms with E-state index in [0.717, 1.165) is 73.4 Å². The van der Waals surface area contributed by atoms with E-state index in [0.29, 0.717) is 55.6 Å². The Morgan fingerprint density at radius 1 is 1.31 bits per heavy atom. The lowest BCUT2D eigenvalue weighted by Crippen LogP contribution is -2.44. The number of halogens is 1. The Kier molecular flexibility index (Phi) is 6.71. The zero-order valence-electron chi connectivity index (χ0n) is 23.4. The van der Waals surface area contributed by atoms with E-state index in [1.54, 1.807) is 0 Å². The Hall–Kier alpha value is -2.89. The number of nitriles is 1. The van der Waals surface area contributed by atoms with E-state index >= 15 is 0 Å². The highest BCUT2D eigenvalue weighted by Crippen LogP contribution is 2.51. The van der Waals surface area contributed by atoms with E-state index in [4.69, 9.17) is 20.2 Å². The van der Waals surface area contributed by atoms with Gasteiger partial charge in [-0.1, -0.05) is 13.0 Å². The van der Waals surface area contributed by atoms with Crippen LogP contribution >= 0.6 is 0 Å². The molecule has 0 amide bonds. The van der Waals surface area contributed by atoms with Gasteiger partial charge in [-0.25, -0.2) is 9.37 Å². The predicted molar refractivity (Wildman–Crippen MR) is 150 cm³/mol. The number of nitrogens with zero attached hydrogens (tertiary/aromatic N) is 4. The van der Waals surface area contributed by atoms with Gasteiger partial charge in [-0.2, -0.15) is 5.26 Å². The molecule has 3 aliphatic heterocycles. The number of hydrogen-bond acceptors (Lipinski definition) is 7. The number of hydrogen-bond donors (Lipinski definition) is 1. The highest BCUT2D eigenvalue weighted by Gasteiger charge is 2.50. The Bertz CT molecular complexity index is 1310. The summed E-state index contributed by atoms with van der Waals surface area (Å²) in [4.78, 5) is 9.67. The fraction of sp³-hybridized carbons (Fsp3) is 0.613. The van der Waals surface area contributed by atoms with Crippen LogP contribution in [0, 0.1) is 11.3 Å². The van der Waals surface area contributed by atoms with E-state index in [1.807, 2.05) is 12.1 Å². The van der Waals surface area contributed by atoms with Crippen LogP contribution in [0.5, 0.6) is 5.88 Å². The van der Waals surface area contributed by atoms with E-state index in [1.165, 1.54) is 0 Å². The van der Waals surface area contributed by atoms with Crippen molar-refractivity contribution in [3.63, 3.8) is 0 Å². The van der Waals surface area contributed by atoms with Crippen molar-refractivity contribution in [3.8, 4) is 11.9 Å². The third kappa shape index (κ3) is 4.25. The highest BCUT2D eigenvalue weighted by atomic mass is 19.1. The molecule has 1 aromatic heterocycles. The number of pyridine rings is 1. The van der Waals surface area contributed by atoms with Crippen LogP contribution in [0.3, 0.4) is 0 Å². The van der Waals surface area contributed by atoms with Crippen molar-refractivity contribution in [2.75, 3.05) is 43.4 Å². The van der Waals surface area contributed by atoms with Gasteiger partial charge in [0, 0.05) is 61.0 Å². The molecule has 8 heteroatoms. The number of rotatable bonds is 6. The zero-order chi connectivity index (χ0) is 27.4. The summed E-state index contributed by atoms with van der Waals surface area (Å²) in [5, 5.41) is 10.1. The van der Waals surface area contributed by atoms with Crippen LogP contribution in [0.15, 0.2) is 18.2 Å². The van der Waals surface area contributed by atoms with Gasteiger partial charge >= 0.3 is 0 Å². The molecule has 4 aliphatic rings. The molecule has 1 aromatic carbocycles. The third-order valence-electron chi connectivity index (χ3n) is 9.81. The fourth-order valence-corrected chi connectivity index (χ4v) is 7.71. The van der Waals surface area contributed by atoms with E-state index in [9.17, 15) is 9.65 Å². The molecule has 2 fully saturated rings. The van der Waals surface area contributed by atoms with E-state index < -0.39 is 11.8 Å². The fourth-order valence-electron chi connectivity index (χ4n) is 7.71. The first kappa shape index (κ1) is 26.3. The molecule has 1 spiro atoms. The molecule has 0 saturated carbocycles. The molecule has 4 heterocycles. The van der Waals surface area contributed by atoms with Gasteiger partial charge in [0.1, 0.15) is 24.4 Å². The van der Waals surface area contributed by atoms with Crippen LogP contribution in [0.4, 0.5) is 15.8 Å². The van der Waals surface area contributed by atoms with Gasteiger partial charge in [0.2, 0.25) is 5.88 Å². The Balaban J connectivity index is 1.39. The molecule has 2 N–H and O–H groups in total. The van der Waals surface area contributed by atoms with Crippen LogP contribution in [-0.4, -0.2) is 54.4 Å². The number of nitrogens with two attached hydrogens (primary N) is 1. The average Bonchev–Trinajstić information content (AvgIpc) is 3.46. The quantitative estimate of drug-likeness (QED) is 0.511. The topological polar surface area (TPSA) is 87.6 Å². The van der Waals surface area contributed by atoms with Gasteiger partial charge in [-0.05, 0) is 63.6 Å². The van der Waals surface area contributed by atoms with Gasteiger partial charge in [0.25, 0.3) is 0 Å². The molecule has 0 bridgehead atoms. The number of anilines is 2.